The van der Waals surface area contributed by atoms with Crippen molar-refractivity contribution in [1.29, 1.82) is 0 Å². The summed E-state index contributed by atoms with van der Waals surface area (Å²) in [6.45, 7) is 3.47. The highest BCUT2D eigenvalue weighted by Gasteiger charge is 2.08. The average Bonchev–Trinajstić information content (AvgIpc) is 2.62. The van der Waals surface area contributed by atoms with Gasteiger partial charge in [-0.15, -0.1) is 0 Å². The summed E-state index contributed by atoms with van der Waals surface area (Å²) >= 11 is 6.20. The summed E-state index contributed by atoms with van der Waals surface area (Å²) in [5, 5.41) is 8.31. The van der Waals surface area contributed by atoms with E-state index in [4.69, 9.17) is 16.3 Å². The summed E-state index contributed by atoms with van der Waals surface area (Å²) in [7, 11) is 1.70. The minimum absolute atomic E-state index is 0.535. The number of nitrogens with zero attached hydrogens (tertiary/aromatic N) is 2. The third-order valence-corrected chi connectivity index (χ3v) is 4.26. The number of aryl methyl sites for hydroxylation is 1. The van der Waals surface area contributed by atoms with Crippen molar-refractivity contribution in [2.24, 2.45) is 0 Å². The number of hydrogen-bond acceptors (Lipinski definition) is 5. The maximum atomic E-state index is 6.20. The van der Waals surface area contributed by atoms with Crippen molar-refractivity contribution in [1.82, 2.24) is 9.97 Å². The molecule has 0 unspecified atom stereocenters. The number of methoxy groups -OCH3 is 1. The molecule has 130 valence electrons. The van der Waals surface area contributed by atoms with E-state index < -0.39 is 0 Å². The van der Waals surface area contributed by atoms with E-state index in [1.54, 1.807) is 7.11 Å². The Labute approximate surface area is 152 Å². The van der Waals surface area contributed by atoms with Crippen LogP contribution in [0.3, 0.4) is 0 Å². The molecule has 0 spiro atoms. The molecule has 25 heavy (non-hydrogen) atoms. The molecule has 0 amide bonds. The van der Waals surface area contributed by atoms with Crippen LogP contribution in [0.25, 0.3) is 10.9 Å². The smallest absolute Gasteiger partial charge is 0.229 e. The summed E-state index contributed by atoms with van der Waals surface area (Å²) in [5.74, 6) is 1.34. The van der Waals surface area contributed by atoms with E-state index in [0.29, 0.717) is 17.6 Å². The number of anilines is 3. The maximum absolute atomic E-state index is 6.20. The van der Waals surface area contributed by atoms with Crippen molar-refractivity contribution >= 4 is 40.0 Å². The molecular formula is C19H21ClN4O. The van der Waals surface area contributed by atoms with Crippen LogP contribution < -0.4 is 10.6 Å². The number of nitrogens with one attached hydrogen (secondary N) is 2. The summed E-state index contributed by atoms with van der Waals surface area (Å²) < 4.78 is 5.09. The van der Waals surface area contributed by atoms with Gasteiger partial charge in [0.05, 0.1) is 5.52 Å². The molecule has 0 fully saturated rings. The van der Waals surface area contributed by atoms with Gasteiger partial charge in [-0.3, -0.25) is 0 Å². The first-order valence-corrected chi connectivity index (χ1v) is 8.58. The Morgan fingerprint density at radius 3 is 2.76 bits per heavy atom. The third-order valence-electron chi connectivity index (χ3n) is 3.85. The molecular weight excluding hydrogens is 336 g/mol. The van der Waals surface area contributed by atoms with Crippen LogP contribution >= 0.6 is 11.6 Å². The van der Waals surface area contributed by atoms with Crippen LogP contribution in [0, 0.1) is 6.92 Å². The van der Waals surface area contributed by atoms with Gasteiger partial charge in [0, 0.05) is 36.4 Å². The number of rotatable bonds is 7. The summed E-state index contributed by atoms with van der Waals surface area (Å²) in [6.07, 6.45) is 0.908. The SMILES string of the molecule is COCCCNc1nc(Nc2ccc(C)c(Cl)c2)nc2ccccc12. The number of para-hydroxylation sites is 1. The fourth-order valence-electron chi connectivity index (χ4n) is 2.49. The zero-order valence-corrected chi connectivity index (χ0v) is 15.1. The molecule has 1 heterocycles. The van der Waals surface area contributed by atoms with E-state index in [2.05, 4.69) is 20.6 Å². The van der Waals surface area contributed by atoms with E-state index in [0.717, 1.165) is 40.9 Å². The lowest BCUT2D eigenvalue weighted by atomic mass is 10.2. The Morgan fingerprint density at radius 1 is 1.12 bits per heavy atom. The first-order valence-electron chi connectivity index (χ1n) is 8.20. The Morgan fingerprint density at radius 2 is 1.96 bits per heavy atom. The molecule has 0 aliphatic rings. The summed E-state index contributed by atoms with van der Waals surface area (Å²) in [6, 6.07) is 13.8. The Bertz CT molecular complexity index is 869. The van der Waals surface area contributed by atoms with Crippen molar-refractivity contribution in [2.45, 2.75) is 13.3 Å². The molecule has 1 aromatic heterocycles. The minimum Gasteiger partial charge on any atom is -0.385 e. The molecule has 5 nitrogen and oxygen atoms in total. The molecule has 0 saturated carbocycles. The van der Waals surface area contributed by atoms with Crippen molar-refractivity contribution in [3.8, 4) is 0 Å². The van der Waals surface area contributed by atoms with Crippen LogP contribution in [0.2, 0.25) is 5.02 Å². The second kappa shape index (κ2) is 8.14. The number of fused-ring (bicyclic) bond motifs is 1. The van der Waals surface area contributed by atoms with Gasteiger partial charge in [0.25, 0.3) is 0 Å². The molecule has 0 bridgehead atoms. The van der Waals surface area contributed by atoms with Gasteiger partial charge in [0.2, 0.25) is 5.95 Å². The molecule has 0 atom stereocenters. The predicted octanol–water partition coefficient (Wildman–Crippen LogP) is 4.78. The van der Waals surface area contributed by atoms with Gasteiger partial charge in [0.1, 0.15) is 5.82 Å². The lowest BCUT2D eigenvalue weighted by molar-refractivity contribution is 0.198. The monoisotopic (exact) mass is 356 g/mol. The first kappa shape index (κ1) is 17.5. The lowest BCUT2D eigenvalue weighted by Gasteiger charge is -2.12. The number of ether oxygens (including phenoxy) is 1. The Hall–Kier alpha value is -2.37. The largest absolute Gasteiger partial charge is 0.385 e. The second-order valence-corrected chi connectivity index (χ2v) is 6.18. The normalized spacial score (nSPS) is 10.8. The van der Waals surface area contributed by atoms with Gasteiger partial charge in [0.15, 0.2) is 0 Å². The van der Waals surface area contributed by atoms with Gasteiger partial charge in [-0.05, 0) is 43.2 Å². The fraction of sp³-hybridized carbons (Fsp3) is 0.263. The molecule has 0 aliphatic heterocycles. The fourth-order valence-corrected chi connectivity index (χ4v) is 2.67. The Balaban J connectivity index is 1.88. The van der Waals surface area contributed by atoms with Crippen LogP contribution in [0.5, 0.6) is 0 Å². The molecule has 3 rings (SSSR count). The van der Waals surface area contributed by atoms with Gasteiger partial charge >= 0.3 is 0 Å². The number of aromatic nitrogens is 2. The predicted molar refractivity (Wildman–Crippen MR) is 104 cm³/mol. The number of benzene rings is 2. The van der Waals surface area contributed by atoms with E-state index in [1.165, 1.54) is 0 Å². The van der Waals surface area contributed by atoms with Crippen LogP contribution in [0.1, 0.15) is 12.0 Å². The van der Waals surface area contributed by atoms with Crippen molar-refractivity contribution in [3.63, 3.8) is 0 Å². The quantitative estimate of drug-likeness (QED) is 0.596. The first-order chi connectivity index (χ1) is 12.2. The molecule has 3 aromatic rings. The summed E-state index contributed by atoms with van der Waals surface area (Å²) in [4.78, 5) is 9.23. The number of hydrogen-bond donors (Lipinski definition) is 2. The minimum atomic E-state index is 0.535. The van der Waals surface area contributed by atoms with Crippen LogP contribution in [0.15, 0.2) is 42.5 Å². The van der Waals surface area contributed by atoms with Crippen LogP contribution in [0.4, 0.5) is 17.5 Å². The summed E-state index contributed by atoms with van der Waals surface area (Å²) in [5.41, 5.74) is 2.77. The van der Waals surface area contributed by atoms with E-state index in [-0.39, 0.29) is 0 Å². The van der Waals surface area contributed by atoms with Gasteiger partial charge in [-0.25, -0.2) is 4.98 Å². The molecule has 2 aromatic carbocycles. The standard InChI is InChI=1S/C19H21ClN4O/c1-13-8-9-14(12-16(13)20)22-19-23-17-7-4-3-6-15(17)18(24-19)21-10-5-11-25-2/h3-4,6-9,12H,5,10-11H2,1-2H3,(H2,21,22,23,24). The van der Waals surface area contributed by atoms with Crippen molar-refractivity contribution < 1.29 is 4.74 Å². The molecule has 0 saturated heterocycles. The van der Waals surface area contributed by atoms with Gasteiger partial charge in [-0.2, -0.15) is 4.98 Å². The highest BCUT2D eigenvalue weighted by Crippen LogP contribution is 2.25. The lowest BCUT2D eigenvalue weighted by Crippen LogP contribution is -2.08. The average molecular weight is 357 g/mol. The van der Waals surface area contributed by atoms with E-state index >= 15 is 0 Å². The molecule has 0 aliphatic carbocycles. The van der Waals surface area contributed by atoms with E-state index in [9.17, 15) is 0 Å². The molecule has 0 radical (unpaired) electrons. The van der Waals surface area contributed by atoms with Crippen molar-refractivity contribution in [2.75, 3.05) is 30.9 Å². The molecule has 6 heteroatoms. The maximum Gasteiger partial charge on any atom is 0.229 e. The zero-order valence-electron chi connectivity index (χ0n) is 14.3. The molecule has 2 N–H and O–H groups in total. The van der Waals surface area contributed by atoms with Crippen LogP contribution in [-0.4, -0.2) is 30.2 Å². The second-order valence-electron chi connectivity index (χ2n) is 5.78. The van der Waals surface area contributed by atoms with E-state index in [1.807, 2.05) is 49.4 Å². The number of halogens is 1. The zero-order chi connectivity index (χ0) is 17.6. The van der Waals surface area contributed by atoms with Gasteiger partial charge < -0.3 is 15.4 Å². The Kier molecular flexibility index (Phi) is 5.68. The van der Waals surface area contributed by atoms with Crippen molar-refractivity contribution in [3.05, 3.63) is 53.1 Å². The topological polar surface area (TPSA) is 59.1 Å². The highest BCUT2D eigenvalue weighted by molar-refractivity contribution is 6.31. The van der Waals surface area contributed by atoms with Crippen LogP contribution in [-0.2, 0) is 4.74 Å². The van der Waals surface area contributed by atoms with Gasteiger partial charge in [-0.1, -0.05) is 29.8 Å². The third kappa shape index (κ3) is 4.38. The highest BCUT2D eigenvalue weighted by atomic mass is 35.5.